The van der Waals surface area contributed by atoms with Crippen molar-refractivity contribution in [2.45, 2.75) is 0 Å². The van der Waals surface area contributed by atoms with Gasteiger partial charge in [-0.05, 0) is 66.7 Å². The fraction of sp³-hybridized carbons (Fsp3) is 0. The van der Waals surface area contributed by atoms with Crippen LogP contribution in [0.1, 0.15) is 0 Å². The van der Waals surface area contributed by atoms with E-state index in [1.165, 1.54) is 0 Å². The predicted molar refractivity (Wildman–Crippen MR) is 186 cm³/mol. The first-order valence-corrected chi connectivity index (χ1v) is 15.3. The Hall–Kier alpha value is -6.33. The van der Waals surface area contributed by atoms with Crippen molar-refractivity contribution in [2.24, 2.45) is 0 Å². The molecule has 0 aliphatic heterocycles. The van der Waals surface area contributed by atoms with Crippen LogP contribution >= 0.6 is 0 Å². The summed E-state index contributed by atoms with van der Waals surface area (Å²) in [5.41, 5.74) is 8.88. The van der Waals surface area contributed by atoms with Crippen LogP contribution in [0.2, 0.25) is 0 Å². The minimum atomic E-state index is 0.607. The minimum Gasteiger partial charge on any atom is -0.456 e. The molecule has 0 aliphatic rings. The molecule has 216 valence electrons. The van der Waals surface area contributed by atoms with Crippen LogP contribution in [0.25, 0.3) is 77.2 Å². The van der Waals surface area contributed by atoms with Crippen LogP contribution < -0.4 is 4.90 Å². The van der Waals surface area contributed by atoms with Crippen LogP contribution in [0.3, 0.4) is 0 Å². The monoisotopic (exact) mass is 592 g/mol. The van der Waals surface area contributed by atoms with Crippen molar-refractivity contribution in [3.8, 4) is 11.5 Å². The largest absolute Gasteiger partial charge is 0.456 e. The van der Waals surface area contributed by atoms with Crippen molar-refractivity contribution >= 4 is 82.8 Å². The lowest BCUT2D eigenvalue weighted by Gasteiger charge is -2.26. The second-order valence-electron chi connectivity index (χ2n) is 11.6. The molecule has 0 atom stereocenters. The molecular weight excluding hydrogens is 568 g/mol. The summed E-state index contributed by atoms with van der Waals surface area (Å²) in [5, 5.41) is 6.41. The van der Waals surface area contributed by atoms with E-state index in [0.29, 0.717) is 5.89 Å². The Morgan fingerprint density at radius 2 is 0.978 bits per heavy atom. The van der Waals surface area contributed by atoms with E-state index >= 15 is 0 Å². The number of aromatic nitrogens is 1. The molecule has 0 saturated heterocycles. The Kier molecular flexibility index (Phi) is 5.22. The summed E-state index contributed by atoms with van der Waals surface area (Å²) in [4.78, 5) is 7.09. The number of furan rings is 2. The van der Waals surface area contributed by atoms with Crippen molar-refractivity contribution in [3.05, 3.63) is 146 Å². The molecule has 5 heteroatoms. The van der Waals surface area contributed by atoms with E-state index < -0.39 is 0 Å². The Morgan fingerprint density at radius 3 is 1.65 bits per heavy atom. The van der Waals surface area contributed by atoms with E-state index in [1.807, 2.05) is 72.8 Å². The first-order valence-electron chi connectivity index (χ1n) is 15.3. The maximum Gasteiger partial charge on any atom is 0.227 e. The average molecular weight is 593 g/mol. The molecule has 0 unspecified atom stereocenters. The van der Waals surface area contributed by atoms with Gasteiger partial charge in [0, 0.05) is 61.4 Å². The van der Waals surface area contributed by atoms with Gasteiger partial charge in [-0.25, -0.2) is 4.98 Å². The molecule has 0 aliphatic carbocycles. The van der Waals surface area contributed by atoms with Crippen LogP contribution in [-0.4, -0.2) is 4.98 Å². The quantitative estimate of drug-likeness (QED) is 0.203. The lowest BCUT2D eigenvalue weighted by molar-refractivity contribution is 0.623. The average Bonchev–Trinajstić information content (AvgIpc) is 3.82. The van der Waals surface area contributed by atoms with Gasteiger partial charge in [0.1, 0.15) is 27.8 Å². The summed E-state index contributed by atoms with van der Waals surface area (Å²) in [6, 6.07) is 49.7. The smallest absolute Gasteiger partial charge is 0.227 e. The molecule has 0 fully saturated rings. The zero-order valence-electron chi connectivity index (χ0n) is 24.5. The molecule has 0 spiro atoms. The molecule has 0 bridgehead atoms. The molecule has 3 aromatic heterocycles. The first-order chi connectivity index (χ1) is 22.8. The van der Waals surface area contributed by atoms with Gasteiger partial charge in [0.05, 0.1) is 5.69 Å². The minimum absolute atomic E-state index is 0.607. The summed E-state index contributed by atoms with van der Waals surface area (Å²) in [6.45, 7) is 0. The van der Waals surface area contributed by atoms with Crippen LogP contribution in [0.4, 0.5) is 17.1 Å². The van der Waals surface area contributed by atoms with Gasteiger partial charge in [0.2, 0.25) is 5.89 Å². The normalized spacial score (nSPS) is 11.9. The lowest BCUT2D eigenvalue weighted by atomic mass is 10.0. The maximum absolute atomic E-state index is 6.44. The highest BCUT2D eigenvalue weighted by molar-refractivity contribution is 6.12. The third-order valence-electron chi connectivity index (χ3n) is 8.89. The maximum atomic E-state index is 6.44. The molecule has 7 aromatic carbocycles. The topological polar surface area (TPSA) is 55.6 Å². The van der Waals surface area contributed by atoms with Gasteiger partial charge in [0.25, 0.3) is 0 Å². The van der Waals surface area contributed by atoms with Crippen molar-refractivity contribution in [3.63, 3.8) is 0 Å². The summed E-state index contributed by atoms with van der Waals surface area (Å²) < 4.78 is 19.1. The van der Waals surface area contributed by atoms with Gasteiger partial charge in [-0.1, -0.05) is 66.7 Å². The second-order valence-corrected chi connectivity index (χ2v) is 11.6. The third kappa shape index (κ3) is 3.72. The second kappa shape index (κ2) is 9.58. The van der Waals surface area contributed by atoms with E-state index in [1.54, 1.807) is 0 Å². The van der Waals surface area contributed by atoms with Gasteiger partial charge in [-0.2, -0.15) is 0 Å². The van der Waals surface area contributed by atoms with Crippen LogP contribution in [0, 0.1) is 0 Å². The Labute approximate surface area is 262 Å². The van der Waals surface area contributed by atoms with Gasteiger partial charge in [0.15, 0.2) is 5.58 Å². The zero-order chi connectivity index (χ0) is 30.2. The zero-order valence-corrected chi connectivity index (χ0v) is 24.5. The van der Waals surface area contributed by atoms with Crippen molar-refractivity contribution in [1.82, 2.24) is 4.98 Å². The highest BCUT2D eigenvalue weighted by Gasteiger charge is 2.21. The summed E-state index contributed by atoms with van der Waals surface area (Å²) in [6.07, 6.45) is 0. The number of benzene rings is 7. The van der Waals surface area contributed by atoms with Gasteiger partial charge >= 0.3 is 0 Å². The van der Waals surface area contributed by atoms with E-state index in [4.69, 9.17) is 18.2 Å². The number of hydrogen-bond acceptors (Lipinski definition) is 5. The SMILES string of the molecule is c1ccc(-c2nc3ccc4c(N(c5ccc6c(c5)oc5ccccc56)c5ccc6c(c5)oc5ccccc56)cccc4c3o2)cc1. The van der Waals surface area contributed by atoms with Crippen LogP contribution in [-0.2, 0) is 0 Å². The van der Waals surface area contributed by atoms with Crippen molar-refractivity contribution in [1.29, 1.82) is 0 Å². The molecule has 0 saturated carbocycles. The number of nitrogens with zero attached hydrogens (tertiary/aromatic N) is 2. The molecule has 3 heterocycles. The number of hydrogen-bond donors (Lipinski definition) is 0. The molecule has 0 amide bonds. The Morgan fingerprint density at radius 1 is 0.413 bits per heavy atom. The summed E-state index contributed by atoms with van der Waals surface area (Å²) in [7, 11) is 0. The number of para-hydroxylation sites is 2. The highest BCUT2D eigenvalue weighted by Crippen LogP contribution is 2.44. The molecular formula is C41H24N2O3. The van der Waals surface area contributed by atoms with E-state index in [2.05, 4.69) is 77.7 Å². The fourth-order valence-corrected chi connectivity index (χ4v) is 6.76. The molecule has 5 nitrogen and oxygen atoms in total. The first kappa shape index (κ1) is 25.0. The van der Waals surface area contributed by atoms with Gasteiger partial charge in [-0.3, -0.25) is 0 Å². The van der Waals surface area contributed by atoms with Crippen molar-refractivity contribution < 1.29 is 13.3 Å². The Balaban J connectivity index is 1.22. The molecule has 0 radical (unpaired) electrons. The van der Waals surface area contributed by atoms with E-state index in [-0.39, 0.29) is 0 Å². The molecule has 46 heavy (non-hydrogen) atoms. The standard InChI is InChI=1S/C41H24N2O3/c1-2-9-25(10-3-1)41-42-34-22-21-28-33(40(34)46-41)13-8-14-35(28)43(26-17-19-31-29-11-4-6-15-36(29)44-38(31)23-26)27-18-20-32-30-12-5-7-16-37(30)45-39(32)24-27/h1-24H. The summed E-state index contributed by atoms with van der Waals surface area (Å²) in [5.74, 6) is 0.607. The molecule has 10 aromatic rings. The fourth-order valence-electron chi connectivity index (χ4n) is 6.76. The molecule has 10 rings (SSSR count). The number of rotatable bonds is 4. The van der Waals surface area contributed by atoms with E-state index in [9.17, 15) is 0 Å². The number of anilines is 3. The third-order valence-corrected chi connectivity index (χ3v) is 8.89. The van der Waals surface area contributed by atoms with Gasteiger partial charge < -0.3 is 18.2 Å². The number of fused-ring (bicyclic) bond motifs is 9. The van der Waals surface area contributed by atoms with Crippen LogP contribution in [0.5, 0.6) is 0 Å². The highest BCUT2D eigenvalue weighted by atomic mass is 16.3. The lowest BCUT2D eigenvalue weighted by Crippen LogP contribution is -2.10. The van der Waals surface area contributed by atoms with Crippen molar-refractivity contribution in [2.75, 3.05) is 4.90 Å². The Bertz CT molecular complexity index is 2660. The molecule has 0 N–H and O–H groups in total. The van der Waals surface area contributed by atoms with Crippen LogP contribution in [0.15, 0.2) is 159 Å². The number of oxazole rings is 1. The van der Waals surface area contributed by atoms with E-state index in [0.717, 1.165) is 88.4 Å². The summed E-state index contributed by atoms with van der Waals surface area (Å²) >= 11 is 0. The van der Waals surface area contributed by atoms with Gasteiger partial charge in [-0.15, -0.1) is 0 Å². The predicted octanol–water partition coefficient (Wildman–Crippen LogP) is 11.9.